The monoisotopic (exact) mass is 507 g/mol. The van der Waals surface area contributed by atoms with Crippen LogP contribution in [0.1, 0.15) is 16.1 Å². The molecule has 12 nitrogen and oxygen atoms in total. The van der Waals surface area contributed by atoms with Crippen LogP contribution in [-0.2, 0) is 17.0 Å². The van der Waals surface area contributed by atoms with E-state index in [4.69, 9.17) is 38.3 Å². The number of furan rings is 1. The third kappa shape index (κ3) is 7.11. The van der Waals surface area contributed by atoms with Gasteiger partial charge in [-0.05, 0) is 48.0 Å². The molecule has 4 aromatic rings. The maximum atomic E-state index is 11.7. The first-order valence-corrected chi connectivity index (χ1v) is 11.2. The van der Waals surface area contributed by atoms with Crippen LogP contribution in [-0.4, -0.2) is 45.7 Å². The summed E-state index contributed by atoms with van der Waals surface area (Å²) in [6.45, 7) is 0.182. The van der Waals surface area contributed by atoms with Crippen LogP contribution >= 0.6 is 11.6 Å². The zero-order chi connectivity index (χ0) is 24.7. The van der Waals surface area contributed by atoms with Gasteiger partial charge in [0, 0.05) is 24.0 Å². The van der Waals surface area contributed by atoms with Gasteiger partial charge in [0.05, 0.1) is 11.6 Å². The molecular formula is C20H18ClN5O7S. The maximum Gasteiger partial charge on any atom is 0.394 e. The van der Waals surface area contributed by atoms with Crippen molar-refractivity contribution in [1.29, 1.82) is 0 Å². The van der Waals surface area contributed by atoms with Gasteiger partial charge in [0.1, 0.15) is 12.3 Å². The van der Waals surface area contributed by atoms with E-state index in [0.717, 1.165) is 16.6 Å². The number of fused-ring (bicyclic) bond motifs is 1. The number of halogens is 1. The number of carbonyl (C=O) groups excluding carboxylic acids is 1. The van der Waals surface area contributed by atoms with Crippen molar-refractivity contribution in [2.75, 3.05) is 12.4 Å². The van der Waals surface area contributed by atoms with E-state index >= 15 is 0 Å². The maximum absolute atomic E-state index is 11.7. The van der Waals surface area contributed by atoms with Gasteiger partial charge in [-0.3, -0.25) is 18.9 Å². The summed E-state index contributed by atoms with van der Waals surface area (Å²) in [5.74, 6) is 0.525. The van der Waals surface area contributed by atoms with Crippen LogP contribution in [0.2, 0.25) is 5.02 Å². The Bertz CT molecular complexity index is 1390. The number of nitrogens with zero attached hydrogens (tertiary/aromatic N) is 3. The molecule has 0 aliphatic rings. The molecule has 0 saturated heterocycles. The molecule has 0 fully saturated rings. The first-order chi connectivity index (χ1) is 16.1. The molecule has 34 heavy (non-hydrogen) atoms. The molecule has 3 aromatic heterocycles. The van der Waals surface area contributed by atoms with Crippen molar-refractivity contribution in [3.8, 4) is 5.88 Å². The molecule has 0 aliphatic carbocycles. The fraction of sp³-hybridized carbons (Fsp3) is 0.100. The molecular weight excluding hydrogens is 490 g/mol. The Hall–Kier alpha value is -3.78. The molecule has 1 aromatic carbocycles. The second-order valence-electron chi connectivity index (χ2n) is 6.51. The van der Waals surface area contributed by atoms with Crippen molar-refractivity contribution in [1.82, 2.24) is 20.5 Å². The van der Waals surface area contributed by atoms with Crippen molar-refractivity contribution in [2.24, 2.45) is 0 Å². The van der Waals surface area contributed by atoms with Crippen LogP contribution in [0.4, 0.5) is 11.5 Å². The molecule has 1 amide bonds. The molecule has 0 atom stereocenters. The second-order valence-corrected chi connectivity index (χ2v) is 7.85. The first-order valence-electron chi connectivity index (χ1n) is 9.40. The van der Waals surface area contributed by atoms with Crippen LogP contribution in [0.3, 0.4) is 0 Å². The number of amides is 1. The molecule has 178 valence electrons. The fourth-order valence-corrected chi connectivity index (χ4v) is 2.81. The number of anilines is 2. The molecule has 0 bridgehead atoms. The number of rotatable bonds is 6. The minimum atomic E-state index is -4.67. The average Bonchev–Trinajstić information content (AvgIpc) is 3.29. The SMILES string of the molecule is CNC(=O)c1cc(COc2nnc(Nc3ccc(Cl)cc3)c3ccoc23)ccn1.O=S(=O)(O)O. The lowest BCUT2D eigenvalue weighted by atomic mass is 10.2. The third-order valence-corrected chi connectivity index (χ3v) is 4.37. The van der Waals surface area contributed by atoms with E-state index in [1.54, 1.807) is 49.8 Å². The Kier molecular flexibility index (Phi) is 7.96. The van der Waals surface area contributed by atoms with E-state index in [1.165, 1.54) is 0 Å². The summed E-state index contributed by atoms with van der Waals surface area (Å²) < 4.78 is 42.9. The zero-order valence-corrected chi connectivity index (χ0v) is 19.0. The van der Waals surface area contributed by atoms with Crippen molar-refractivity contribution < 1.29 is 31.5 Å². The standard InChI is InChI=1S/C20H16ClN5O3.H2O4S/c1-22-19(27)16-10-12(6-8-23-16)11-29-20-17-15(7-9-28-17)18(25-26-20)24-14-4-2-13(21)3-5-14;1-5(2,3)4/h2-10H,11H2,1H3,(H,22,27)(H,24,25);(H2,1,2,3,4). The Labute approximate surface area is 198 Å². The predicted octanol–water partition coefficient (Wildman–Crippen LogP) is 3.30. The molecule has 0 radical (unpaired) electrons. The van der Waals surface area contributed by atoms with Crippen LogP contribution in [0.5, 0.6) is 5.88 Å². The van der Waals surface area contributed by atoms with Crippen molar-refractivity contribution >= 4 is 50.4 Å². The largest absolute Gasteiger partial charge is 0.469 e. The number of nitrogens with one attached hydrogen (secondary N) is 2. The molecule has 3 heterocycles. The van der Waals surface area contributed by atoms with Crippen LogP contribution in [0.25, 0.3) is 11.0 Å². The minimum absolute atomic E-state index is 0.182. The Morgan fingerprint density at radius 2 is 1.85 bits per heavy atom. The number of ether oxygens (including phenoxy) is 1. The van der Waals surface area contributed by atoms with E-state index in [1.807, 2.05) is 12.1 Å². The Morgan fingerprint density at radius 3 is 2.53 bits per heavy atom. The number of aromatic nitrogens is 3. The molecule has 0 spiro atoms. The summed E-state index contributed by atoms with van der Waals surface area (Å²) in [6, 6.07) is 12.4. The summed E-state index contributed by atoms with van der Waals surface area (Å²) in [5.41, 5.74) is 2.37. The molecule has 0 unspecified atom stereocenters. The van der Waals surface area contributed by atoms with E-state index in [0.29, 0.717) is 22.1 Å². The topological polar surface area (TPSA) is 177 Å². The highest BCUT2D eigenvalue weighted by Gasteiger charge is 2.14. The normalized spacial score (nSPS) is 10.8. The summed E-state index contributed by atoms with van der Waals surface area (Å²) in [6.07, 6.45) is 3.10. The highest BCUT2D eigenvalue weighted by atomic mass is 35.5. The van der Waals surface area contributed by atoms with E-state index in [9.17, 15) is 4.79 Å². The number of pyridine rings is 1. The van der Waals surface area contributed by atoms with Gasteiger partial charge in [-0.15, -0.1) is 10.2 Å². The second kappa shape index (κ2) is 10.9. The first kappa shape index (κ1) is 24.9. The van der Waals surface area contributed by atoms with E-state index < -0.39 is 10.4 Å². The summed E-state index contributed by atoms with van der Waals surface area (Å²) in [4.78, 5) is 15.8. The summed E-state index contributed by atoms with van der Waals surface area (Å²) in [5, 5.41) is 15.4. The number of carbonyl (C=O) groups is 1. The lowest BCUT2D eigenvalue weighted by molar-refractivity contribution is 0.0958. The average molecular weight is 508 g/mol. The van der Waals surface area contributed by atoms with Crippen molar-refractivity contribution in [3.63, 3.8) is 0 Å². The van der Waals surface area contributed by atoms with Gasteiger partial charge >= 0.3 is 10.4 Å². The van der Waals surface area contributed by atoms with Crippen molar-refractivity contribution in [2.45, 2.75) is 6.61 Å². The van der Waals surface area contributed by atoms with Crippen LogP contribution < -0.4 is 15.4 Å². The highest BCUT2D eigenvalue weighted by molar-refractivity contribution is 7.79. The van der Waals surface area contributed by atoms with Gasteiger partial charge < -0.3 is 19.8 Å². The minimum Gasteiger partial charge on any atom is -0.469 e. The summed E-state index contributed by atoms with van der Waals surface area (Å²) >= 11 is 5.92. The van der Waals surface area contributed by atoms with Crippen molar-refractivity contribution in [3.05, 3.63) is 71.2 Å². The Balaban J connectivity index is 0.000000588. The van der Waals surface area contributed by atoms with E-state index in [2.05, 4.69) is 25.8 Å². The lowest BCUT2D eigenvalue weighted by Crippen LogP contribution is -2.19. The number of hydrogen-bond donors (Lipinski definition) is 4. The van der Waals surface area contributed by atoms with Gasteiger partial charge in [0.2, 0.25) is 5.58 Å². The van der Waals surface area contributed by atoms with Gasteiger partial charge in [-0.1, -0.05) is 11.6 Å². The quantitative estimate of drug-likeness (QED) is 0.281. The smallest absolute Gasteiger partial charge is 0.394 e. The molecule has 0 saturated carbocycles. The fourth-order valence-electron chi connectivity index (χ4n) is 2.68. The van der Waals surface area contributed by atoms with Gasteiger partial charge in [-0.25, -0.2) is 0 Å². The highest BCUT2D eigenvalue weighted by Crippen LogP contribution is 2.31. The molecule has 0 aliphatic heterocycles. The lowest BCUT2D eigenvalue weighted by Gasteiger charge is -2.09. The zero-order valence-electron chi connectivity index (χ0n) is 17.5. The molecule has 4 rings (SSSR count). The number of hydrogen-bond acceptors (Lipinski definition) is 9. The van der Waals surface area contributed by atoms with Crippen LogP contribution in [0.15, 0.2) is 59.3 Å². The van der Waals surface area contributed by atoms with Crippen LogP contribution in [0, 0.1) is 0 Å². The van der Waals surface area contributed by atoms with Gasteiger partial charge in [-0.2, -0.15) is 8.42 Å². The third-order valence-electron chi connectivity index (χ3n) is 4.12. The Morgan fingerprint density at radius 1 is 1.15 bits per heavy atom. The number of benzene rings is 1. The van der Waals surface area contributed by atoms with Gasteiger partial charge in [0.15, 0.2) is 5.82 Å². The van der Waals surface area contributed by atoms with Gasteiger partial charge in [0.25, 0.3) is 11.8 Å². The predicted molar refractivity (Wildman–Crippen MR) is 123 cm³/mol. The summed E-state index contributed by atoms with van der Waals surface area (Å²) in [7, 11) is -3.12. The van der Waals surface area contributed by atoms with E-state index in [-0.39, 0.29) is 18.4 Å². The molecule has 4 N–H and O–H groups in total. The molecule has 14 heteroatoms.